The summed E-state index contributed by atoms with van der Waals surface area (Å²) in [5, 5.41) is 9.66. The number of aliphatic hydroxyl groups excluding tert-OH is 1. The van der Waals surface area contributed by atoms with Crippen LogP contribution >= 0.6 is 23.5 Å². The third kappa shape index (κ3) is 8.12. The highest BCUT2D eigenvalue weighted by molar-refractivity contribution is 7.66. The fourth-order valence-electron chi connectivity index (χ4n) is 2.31. The molecule has 3 unspecified atom stereocenters. The number of hydrogen-bond acceptors (Lipinski definition) is 9. The van der Waals surface area contributed by atoms with Gasteiger partial charge < -0.3 is 24.5 Å². The van der Waals surface area contributed by atoms with Crippen molar-refractivity contribution in [2.45, 2.75) is 38.3 Å². The summed E-state index contributed by atoms with van der Waals surface area (Å²) in [6.07, 6.45) is -1.94. The average molecular weight is 462 g/mol. The number of hydrogen-bond donors (Lipinski definition) is 4. The predicted molar refractivity (Wildman–Crippen MR) is 93.8 cm³/mol. The maximum atomic E-state index is 11.8. The molecule has 1 aromatic rings. The van der Waals surface area contributed by atoms with Crippen LogP contribution in [0.15, 0.2) is 30.3 Å². The first-order chi connectivity index (χ1) is 12.9. The molecule has 12 nitrogen and oxygen atoms in total. The molecule has 2 rings (SSSR count). The van der Waals surface area contributed by atoms with E-state index in [2.05, 4.69) is 17.7 Å². The molecule has 0 aromatic heterocycles. The monoisotopic (exact) mass is 462 g/mol. The molecule has 15 heteroatoms. The Labute approximate surface area is 160 Å². The second kappa shape index (κ2) is 9.57. The lowest BCUT2D eigenvalue weighted by Gasteiger charge is -2.20. The van der Waals surface area contributed by atoms with Gasteiger partial charge in [-0.3, -0.25) is 9.05 Å². The van der Waals surface area contributed by atoms with E-state index in [1.165, 1.54) is 0 Å². The fourth-order valence-corrected chi connectivity index (χ4v) is 5.81. The summed E-state index contributed by atoms with van der Waals surface area (Å²) in [6.45, 7) is 0.611. The molecule has 28 heavy (non-hydrogen) atoms. The first-order valence-electron chi connectivity index (χ1n) is 7.95. The van der Waals surface area contributed by atoms with Gasteiger partial charge in [-0.05, 0) is 12.5 Å². The van der Waals surface area contributed by atoms with Crippen LogP contribution in [0.25, 0.3) is 0 Å². The number of aliphatic hydroxyl groups is 1. The van der Waals surface area contributed by atoms with Crippen LogP contribution in [0.2, 0.25) is 0 Å². The first kappa shape index (κ1) is 23.8. The van der Waals surface area contributed by atoms with E-state index in [4.69, 9.17) is 4.74 Å². The molecule has 0 amide bonds. The van der Waals surface area contributed by atoms with E-state index in [1.54, 1.807) is 37.3 Å². The van der Waals surface area contributed by atoms with Crippen molar-refractivity contribution in [3.63, 3.8) is 0 Å². The Bertz CT molecular complexity index is 786. The van der Waals surface area contributed by atoms with Crippen LogP contribution in [-0.4, -0.2) is 44.7 Å². The van der Waals surface area contributed by atoms with Crippen LogP contribution in [0.1, 0.15) is 18.9 Å². The number of ether oxygens (including phenoxy) is 1. The summed E-state index contributed by atoms with van der Waals surface area (Å²) in [6, 6.07) is 8.08. The molecule has 1 heterocycles. The lowest BCUT2D eigenvalue weighted by molar-refractivity contribution is -0.0167. The van der Waals surface area contributed by atoms with Gasteiger partial charge in [0, 0.05) is 6.42 Å². The second-order valence-corrected chi connectivity index (χ2v) is 10.5. The highest BCUT2D eigenvalue weighted by atomic mass is 31.3. The molecule has 0 saturated carbocycles. The zero-order valence-corrected chi connectivity index (χ0v) is 17.3. The molecule has 1 fully saturated rings. The third-order valence-corrected chi connectivity index (χ3v) is 7.69. The number of phosphoric ester groups is 2. The molecule has 1 aliphatic rings. The molecular formula is C13H21O12P3. The van der Waals surface area contributed by atoms with E-state index in [9.17, 15) is 33.5 Å². The van der Waals surface area contributed by atoms with Crippen LogP contribution in [0.3, 0.4) is 0 Å². The largest absolute Gasteiger partial charge is 0.490 e. The summed E-state index contributed by atoms with van der Waals surface area (Å²) in [5.74, 6) is 0. The molecule has 6 atom stereocenters. The Morgan fingerprint density at radius 3 is 2.11 bits per heavy atom. The van der Waals surface area contributed by atoms with Crippen LogP contribution < -0.4 is 0 Å². The Kier molecular flexibility index (Phi) is 8.15. The lowest BCUT2D eigenvalue weighted by atomic mass is 10.1. The first-order valence-corrected chi connectivity index (χ1v) is 12.4. The normalized spacial score (nSPS) is 29.0. The molecule has 160 valence electrons. The summed E-state index contributed by atoms with van der Waals surface area (Å²) < 4.78 is 57.5. The SMILES string of the molecule is C[C@H]1C[C@@H](O)[C@@H](COP(=O)(O)OP(=O)(O)OP(=O)(O)OCc2ccccc2)O1. The van der Waals surface area contributed by atoms with Gasteiger partial charge in [-0.25, -0.2) is 13.7 Å². The van der Waals surface area contributed by atoms with Crippen molar-refractivity contribution in [2.75, 3.05) is 6.61 Å². The molecule has 4 N–H and O–H groups in total. The van der Waals surface area contributed by atoms with Crippen molar-refractivity contribution in [3.8, 4) is 0 Å². The Hall–Kier alpha value is -0.450. The molecule has 0 spiro atoms. The highest BCUT2D eigenvalue weighted by Gasteiger charge is 2.43. The minimum absolute atomic E-state index is 0.276. The van der Waals surface area contributed by atoms with Crippen LogP contribution in [0.5, 0.6) is 0 Å². The quantitative estimate of drug-likeness (QED) is 0.373. The Morgan fingerprint density at radius 1 is 1.00 bits per heavy atom. The zero-order chi connectivity index (χ0) is 21.0. The molecule has 1 saturated heterocycles. The average Bonchev–Trinajstić information content (AvgIpc) is 2.88. The van der Waals surface area contributed by atoms with Gasteiger partial charge >= 0.3 is 23.5 Å². The summed E-state index contributed by atoms with van der Waals surface area (Å²) >= 11 is 0. The van der Waals surface area contributed by atoms with E-state index in [-0.39, 0.29) is 12.5 Å². The van der Waals surface area contributed by atoms with Crippen molar-refractivity contribution >= 4 is 23.5 Å². The summed E-state index contributed by atoms with van der Waals surface area (Å²) in [7, 11) is -15.8. The second-order valence-electron chi connectivity index (χ2n) is 5.91. The third-order valence-electron chi connectivity index (χ3n) is 3.46. The van der Waals surface area contributed by atoms with Crippen molar-refractivity contribution in [1.82, 2.24) is 0 Å². The van der Waals surface area contributed by atoms with Gasteiger partial charge in [-0.15, -0.1) is 0 Å². The van der Waals surface area contributed by atoms with Gasteiger partial charge in [-0.1, -0.05) is 30.3 Å². The van der Waals surface area contributed by atoms with Crippen molar-refractivity contribution in [3.05, 3.63) is 35.9 Å². The maximum Gasteiger partial charge on any atom is 0.490 e. The molecule has 0 radical (unpaired) electrons. The number of rotatable bonds is 10. The van der Waals surface area contributed by atoms with Crippen LogP contribution in [-0.2, 0) is 42.7 Å². The predicted octanol–water partition coefficient (Wildman–Crippen LogP) is 2.09. The van der Waals surface area contributed by atoms with Crippen molar-refractivity contribution < 1.29 is 55.9 Å². The molecular weight excluding hydrogens is 441 g/mol. The maximum absolute atomic E-state index is 11.8. The lowest BCUT2D eigenvalue weighted by Crippen LogP contribution is -2.26. The minimum Gasteiger partial charge on any atom is -0.390 e. The van der Waals surface area contributed by atoms with Crippen LogP contribution in [0.4, 0.5) is 0 Å². The van der Waals surface area contributed by atoms with E-state index in [0.29, 0.717) is 5.56 Å². The van der Waals surface area contributed by atoms with Crippen molar-refractivity contribution in [2.24, 2.45) is 0 Å². The van der Waals surface area contributed by atoms with Gasteiger partial charge in [0.25, 0.3) is 0 Å². The van der Waals surface area contributed by atoms with E-state index >= 15 is 0 Å². The zero-order valence-electron chi connectivity index (χ0n) is 14.6. The van der Waals surface area contributed by atoms with Gasteiger partial charge in [0.05, 0.1) is 25.4 Å². The highest BCUT2D eigenvalue weighted by Crippen LogP contribution is 2.67. The number of phosphoric acid groups is 3. The molecule has 0 bridgehead atoms. The Balaban J connectivity index is 1.87. The van der Waals surface area contributed by atoms with Crippen LogP contribution in [0, 0.1) is 0 Å². The van der Waals surface area contributed by atoms with E-state index in [1.807, 2.05) is 0 Å². The molecule has 1 aromatic carbocycles. The fraction of sp³-hybridized carbons (Fsp3) is 0.538. The Morgan fingerprint density at radius 2 is 1.57 bits per heavy atom. The van der Waals surface area contributed by atoms with Gasteiger partial charge in [0.15, 0.2) is 0 Å². The van der Waals surface area contributed by atoms with Gasteiger partial charge in [0.2, 0.25) is 0 Å². The van der Waals surface area contributed by atoms with Gasteiger partial charge in [-0.2, -0.15) is 8.62 Å². The standard InChI is InChI=1S/C13H21O12P3/c1-10-7-12(14)13(23-10)9-22-27(17,18)25-28(19,20)24-26(15,16)21-8-11-5-3-2-4-6-11/h2-6,10,12-14H,7-9H2,1H3,(H,15,16)(H,17,18)(H,19,20)/t10-,12+,13+/m0/s1. The topological polar surface area (TPSA) is 178 Å². The smallest absolute Gasteiger partial charge is 0.390 e. The minimum atomic E-state index is -5.53. The van der Waals surface area contributed by atoms with E-state index < -0.39 is 48.9 Å². The van der Waals surface area contributed by atoms with Crippen molar-refractivity contribution in [1.29, 1.82) is 0 Å². The summed E-state index contributed by atoms with van der Waals surface area (Å²) in [4.78, 5) is 28.5. The number of benzene rings is 1. The molecule has 0 aliphatic carbocycles. The summed E-state index contributed by atoms with van der Waals surface area (Å²) in [5.41, 5.74) is 0.467. The molecule has 1 aliphatic heterocycles. The van der Waals surface area contributed by atoms with Gasteiger partial charge in [0.1, 0.15) is 6.10 Å². The van der Waals surface area contributed by atoms with E-state index in [0.717, 1.165) is 0 Å².